The van der Waals surface area contributed by atoms with E-state index in [-0.39, 0.29) is 17.0 Å². The van der Waals surface area contributed by atoms with Crippen molar-refractivity contribution in [2.24, 2.45) is 0 Å². The van der Waals surface area contributed by atoms with Crippen molar-refractivity contribution in [1.82, 2.24) is 9.38 Å². The Morgan fingerprint density at radius 1 is 1.39 bits per heavy atom. The molecule has 18 heavy (non-hydrogen) atoms. The van der Waals surface area contributed by atoms with Crippen molar-refractivity contribution >= 4 is 11.4 Å². The van der Waals surface area contributed by atoms with Crippen LogP contribution >= 0.6 is 0 Å². The number of aromatic nitrogens is 2. The van der Waals surface area contributed by atoms with E-state index in [1.54, 1.807) is 11.3 Å². The summed E-state index contributed by atoms with van der Waals surface area (Å²) in [6, 6.07) is 1.49. The molecule has 4 heteroatoms. The number of nitrogens with zero attached hydrogens (tertiary/aromatic N) is 2. The third kappa shape index (κ3) is 1.92. The van der Waals surface area contributed by atoms with Crippen LogP contribution in [0.2, 0.25) is 0 Å². The second-order valence-corrected chi connectivity index (χ2v) is 5.62. The average molecular weight is 248 g/mol. The second kappa shape index (κ2) is 3.90. The van der Waals surface area contributed by atoms with E-state index in [0.29, 0.717) is 17.0 Å². The van der Waals surface area contributed by atoms with E-state index in [1.165, 1.54) is 19.2 Å². The van der Waals surface area contributed by atoms with Gasteiger partial charge >= 0.3 is 0 Å². The van der Waals surface area contributed by atoms with Crippen LogP contribution in [0.3, 0.4) is 0 Å². The number of hydrogen-bond acceptors (Lipinski definition) is 2. The first-order valence-electron chi connectivity index (χ1n) is 5.91. The molecule has 2 heterocycles. The Bertz CT molecular complexity index is 635. The molecule has 2 aromatic heterocycles. The number of Topliss-reactive ketones (excluding diaryl/α,β-unsaturated/α-hetero) is 1. The summed E-state index contributed by atoms with van der Waals surface area (Å²) in [6.45, 7) is 9.24. The van der Waals surface area contributed by atoms with Crippen LogP contribution in [0.4, 0.5) is 4.39 Å². The van der Waals surface area contributed by atoms with E-state index in [2.05, 4.69) is 4.98 Å². The van der Waals surface area contributed by atoms with Crippen molar-refractivity contribution in [3.63, 3.8) is 0 Å². The van der Waals surface area contributed by atoms with Crippen molar-refractivity contribution in [1.29, 1.82) is 0 Å². The number of rotatable bonds is 1. The number of carbonyl (C=O) groups is 1. The molecule has 0 radical (unpaired) electrons. The van der Waals surface area contributed by atoms with Gasteiger partial charge in [0.25, 0.3) is 0 Å². The lowest BCUT2D eigenvalue weighted by Gasteiger charge is -2.19. The van der Waals surface area contributed by atoms with Gasteiger partial charge < -0.3 is 0 Å². The van der Waals surface area contributed by atoms with Crippen molar-refractivity contribution in [3.05, 3.63) is 35.0 Å². The summed E-state index contributed by atoms with van der Waals surface area (Å²) in [5, 5.41) is 0. The van der Waals surface area contributed by atoms with Gasteiger partial charge in [-0.15, -0.1) is 0 Å². The summed E-state index contributed by atoms with van der Waals surface area (Å²) >= 11 is 0. The molecule has 0 unspecified atom stereocenters. The Morgan fingerprint density at radius 3 is 2.50 bits per heavy atom. The molecule has 0 atom stereocenters. The summed E-state index contributed by atoms with van der Waals surface area (Å²) in [4.78, 5) is 16.0. The lowest BCUT2D eigenvalue weighted by atomic mass is 9.88. The third-order valence-corrected chi connectivity index (χ3v) is 3.00. The lowest BCUT2D eigenvalue weighted by molar-refractivity contribution is 0.101. The first-order chi connectivity index (χ1) is 8.21. The normalized spacial score (nSPS) is 12.1. The van der Waals surface area contributed by atoms with Gasteiger partial charge in [0.15, 0.2) is 5.78 Å². The summed E-state index contributed by atoms with van der Waals surface area (Å²) in [7, 11) is 0. The predicted molar refractivity (Wildman–Crippen MR) is 68.6 cm³/mol. The first-order valence-corrected chi connectivity index (χ1v) is 5.91. The van der Waals surface area contributed by atoms with Crippen LogP contribution in [-0.2, 0) is 5.41 Å². The van der Waals surface area contributed by atoms with Gasteiger partial charge in [-0.3, -0.25) is 9.20 Å². The van der Waals surface area contributed by atoms with Gasteiger partial charge in [-0.2, -0.15) is 0 Å². The molecule has 0 bridgehead atoms. The highest BCUT2D eigenvalue weighted by Gasteiger charge is 2.23. The van der Waals surface area contributed by atoms with Gasteiger partial charge in [-0.1, -0.05) is 20.8 Å². The van der Waals surface area contributed by atoms with Gasteiger partial charge in [0.1, 0.15) is 17.2 Å². The zero-order valence-electron chi connectivity index (χ0n) is 11.3. The minimum Gasteiger partial charge on any atom is -0.294 e. The molecule has 0 fully saturated rings. The zero-order chi connectivity index (χ0) is 13.7. The summed E-state index contributed by atoms with van der Waals surface area (Å²) < 4.78 is 15.3. The molecule has 0 aliphatic heterocycles. The summed E-state index contributed by atoms with van der Waals surface area (Å²) in [5.74, 6) is -0.460. The van der Waals surface area contributed by atoms with Crippen molar-refractivity contribution in [2.45, 2.75) is 40.0 Å². The van der Waals surface area contributed by atoms with E-state index in [1.807, 2.05) is 20.8 Å². The highest BCUT2D eigenvalue weighted by Crippen LogP contribution is 2.28. The van der Waals surface area contributed by atoms with E-state index in [0.717, 1.165) is 5.56 Å². The van der Waals surface area contributed by atoms with Gasteiger partial charge in [0.05, 0.1) is 5.69 Å². The molecule has 2 rings (SSSR count). The van der Waals surface area contributed by atoms with Crippen LogP contribution in [0.15, 0.2) is 12.3 Å². The van der Waals surface area contributed by atoms with Crippen LogP contribution in [0.5, 0.6) is 0 Å². The summed E-state index contributed by atoms with van der Waals surface area (Å²) in [6.07, 6.45) is 1.32. The van der Waals surface area contributed by atoms with Gasteiger partial charge in [-0.05, 0) is 18.4 Å². The molecule has 2 aromatic rings. The number of halogens is 1. The smallest absolute Gasteiger partial charge is 0.178 e. The van der Waals surface area contributed by atoms with E-state index < -0.39 is 0 Å². The molecule has 0 saturated carbocycles. The Hall–Kier alpha value is -1.71. The first kappa shape index (κ1) is 12.7. The van der Waals surface area contributed by atoms with Crippen molar-refractivity contribution < 1.29 is 9.18 Å². The molecule has 0 amide bonds. The molecule has 0 spiro atoms. The molecular formula is C14H17FN2O. The molecule has 0 saturated heterocycles. The molecule has 0 aliphatic rings. The number of aryl methyl sites for hydroxylation is 1. The largest absolute Gasteiger partial charge is 0.294 e. The lowest BCUT2D eigenvalue weighted by Crippen LogP contribution is -2.14. The average Bonchev–Trinajstić information content (AvgIpc) is 2.50. The number of imidazole rings is 1. The maximum absolute atomic E-state index is 13.7. The highest BCUT2D eigenvalue weighted by atomic mass is 19.1. The number of pyridine rings is 1. The number of fused-ring (bicyclic) bond motifs is 1. The standard InChI is InChI=1S/C14H17FN2O/c1-8-12(9(2)18)17-7-10(15)6-11(13(17)16-8)14(3,4)5/h6-7H,1-5H3. The topological polar surface area (TPSA) is 34.4 Å². The Morgan fingerprint density at radius 2 is 2.00 bits per heavy atom. The van der Waals surface area contributed by atoms with E-state index in [9.17, 15) is 9.18 Å². The number of ketones is 1. The molecular weight excluding hydrogens is 231 g/mol. The van der Waals surface area contributed by atoms with Crippen LogP contribution in [0.25, 0.3) is 5.65 Å². The molecule has 0 aromatic carbocycles. The molecule has 0 aliphatic carbocycles. The second-order valence-electron chi connectivity index (χ2n) is 5.62. The fourth-order valence-corrected chi connectivity index (χ4v) is 2.20. The minimum atomic E-state index is -0.354. The molecule has 0 N–H and O–H groups in total. The SMILES string of the molecule is CC(=O)c1c(C)nc2c(C(C)(C)C)cc(F)cn12. The van der Waals surface area contributed by atoms with Crippen molar-refractivity contribution in [3.8, 4) is 0 Å². The monoisotopic (exact) mass is 248 g/mol. The van der Waals surface area contributed by atoms with Crippen LogP contribution < -0.4 is 0 Å². The van der Waals surface area contributed by atoms with Gasteiger partial charge in [0, 0.05) is 18.7 Å². The molecule has 3 nitrogen and oxygen atoms in total. The number of carbonyl (C=O) groups excluding carboxylic acids is 1. The Kier molecular flexibility index (Phi) is 2.76. The fraction of sp³-hybridized carbons (Fsp3) is 0.429. The number of hydrogen-bond donors (Lipinski definition) is 0. The van der Waals surface area contributed by atoms with Gasteiger partial charge in [-0.25, -0.2) is 9.37 Å². The fourth-order valence-electron chi connectivity index (χ4n) is 2.20. The maximum atomic E-state index is 13.7. The third-order valence-electron chi connectivity index (χ3n) is 3.00. The van der Waals surface area contributed by atoms with Crippen LogP contribution in [0.1, 0.15) is 49.4 Å². The Balaban J connectivity index is 2.92. The predicted octanol–water partition coefficient (Wildman–Crippen LogP) is 3.28. The Labute approximate surface area is 106 Å². The summed E-state index contributed by atoms with van der Waals surface area (Å²) in [5.41, 5.74) is 2.33. The maximum Gasteiger partial charge on any atom is 0.178 e. The zero-order valence-corrected chi connectivity index (χ0v) is 11.3. The highest BCUT2D eigenvalue weighted by molar-refractivity contribution is 5.94. The minimum absolute atomic E-state index is 0.106. The van der Waals surface area contributed by atoms with Gasteiger partial charge in [0.2, 0.25) is 0 Å². The van der Waals surface area contributed by atoms with E-state index >= 15 is 0 Å². The quantitative estimate of drug-likeness (QED) is 0.726. The molecule has 96 valence electrons. The van der Waals surface area contributed by atoms with Crippen LogP contribution in [0, 0.1) is 12.7 Å². The van der Waals surface area contributed by atoms with Crippen molar-refractivity contribution in [2.75, 3.05) is 0 Å². The van der Waals surface area contributed by atoms with E-state index in [4.69, 9.17) is 0 Å². The van der Waals surface area contributed by atoms with Crippen LogP contribution in [-0.4, -0.2) is 15.2 Å².